The first-order valence-electron chi connectivity index (χ1n) is 9.27. The Morgan fingerprint density at radius 2 is 2.00 bits per heavy atom. The lowest BCUT2D eigenvalue weighted by molar-refractivity contribution is 0.0714. The molecule has 3 heterocycles. The number of rotatable bonds is 5. The van der Waals surface area contributed by atoms with E-state index in [9.17, 15) is 4.79 Å². The summed E-state index contributed by atoms with van der Waals surface area (Å²) in [5.41, 5.74) is 1.40. The first-order valence-corrected chi connectivity index (χ1v) is 9.27. The van der Waals surface area contributed by atoms with Gasteiger partial charge in [0.2, 0.25) is 0 Å². The van der Waals surface area contributed by atoms with Gasteiger partial charge in [-0.2, -0.15) is 0 Å². The molecule has 1 aliphatic carbocycles. The van der Waals surface area contributed by atoms with E-state index < -0.39 is 0 Å². The fourth-order valence-corrected chi connectivity index (χ4v) is 4.14. The highest BCUT2D eigenvalue weighted by atomic mass is 16.2. The zero-order chi connectivity index (χ0) is 17.2. The number of aromatic nitrogens is 6. The van der Waals surface area contributed by atoms with Crippen molar-refractivity contribution in [1.29, 1.82) is 0 Å². The van der Waals surface area contributed by atoms with E-state index in [1.165, 1.54) is 25.7 Å². The normalized spacial score (nSPS) is 21.3. The van der Waals surface area contributed by atoms with Crippen LogP contribution in [0.1, 0.15) is 54.7 Å². The molecule has 0 radical (unpaired) electrons. The second-order valence-corrected chi connectivity index (χ2v) is 7.28. The van der Waals surface area contributed by atoms with Crippen molar-refractivity contribution in [2.45, 2.75) is 64.6 Å². The third-order valence-electron chi connectivity index (χ3n) is 5.60. The van der Waals surface area contributed by atoms with Gasteiger partial charge in [-0.25, -0.2) is 4.68 Å². The highest BCUT2D eigenvalue weighted by Gasteiger charge is 2.32. The van der Waals surface area contributed by atoms with Crippen molar-refractivity contribution in [2.24, 2.45) is 5.92 Å². The Morgan fingerprint density at radius 1 is 1.16 bits per heavy atom. The topological polar surface area (TPSA) is 81.7 Å². The van der Waals surface area contributed by atoms with Crippen LogP contribution in [0.15, 0.2) is 12.4 Å². The van der Waals surface area contributed by atoms with Gasteiger partial charge in [-0.15, -0.1) is 10.2 Å². The predicted molar refractivity (Wildman–Crippen MR) is 90.8 cm³/mol. The Labute approximate surface area is 147 Å². The second-order valence-electron chi connectivity index (χ2n) is 7.28. The first-order chi connectivity index (χ1) is 12.2. The van der Waals surface area contributed by atoms with E-state index in [4.69, 9.17) is 0 Å². The van der Waals surface area contributed by atoms with Gasteiger partial charge in [0.1, 0.15) is 0 Å². The molecule has 2 fully saturated rings. The lowest BCUT2D eigenvalue weighted by Crippen LogP contribution is -2.38. The van der Waals surface area contributed by atoms with Crippen molar-refractivity contribution in [3.8, 4) is 0 Å². The molecule has 2 aromatic rings. The molecule has 0 spiro atoms. The minimum atomic E-state index is -0.00205. The SMILES string of the molecule is Cc1c(C(=O)N2CCCC2Cn2ccnn2)nnn1CC1CCCC1. The van der Waals surface area contributed by atoms with E-state index in [0.717, 1.165) is 31.6 Å². The molecule has 8 nitrogen and oxygen atoms in total. The van der Waals surface area contributed by atoms with E-state index in [1.54, 1.807) is 10.9 Å². The molecule has 1 saturated heterocycles. The first kappa shape index (κ1) is 16.2. The molecule has 1 atom stereocenters. The zero-order valence-electron chi connectivity index (χ0n) is 14.7. The van der Waals surface area contributed by atoms with E-state index in [-0.39, 0.29) is 11.9 Å². The van der Waals surface area contributed by atoms with Crippen LogP contribution in [0.3, 0.4) is 0 Å². The molecule has 2 aliphatic rings. The van der Waals surface area contributed by atoms with Gasteiger partial charge in [0.05, 0.1) is 24.5 Å². The van der Waals surface area contributed by atoms with Gasteiger partial charge in [-0.3, -0.25) is 9.48 Å². The van der Waals surface area contributed by atoms with Gasteiger partial charge in [0.25, 0.3) is 5.91 Å². The average molecular weight is 343 g/mol. The van der Waals surface area contributed by atoms with Crippen molar-refractivity contribution < 1.29 is 4.79 Å². The van der Waals surface area contributed by atoms with Crippen LogP contribution in [0, 0.1) is 12.8 Å². The molecule has 0 N–H and O–H groups in total. The summed E-state index contributed by atoms with van der Waals surface area (Å²) in [6, 6.07) is 0.147. The molecule has 1 aliphatic heterocycles. The number of carbonyl (C=O) groups excluding carboxylic acids is 1. The molecule has 0 aromatic carbocycles. The lowest BCUT2D eigenvalue weighted by atomic mass is 10.1. The van der Waals surface area contributed by atoms with Crippen molar-refractivity contribution in [3.05, 3.63) is 23.8 Å². The van der Waals surface area contributed by atoms with Crippen LogP contribution in [-0.2, 0) is 13.1 Å². The molecular formula is C17H25N7O. The summed E-state index contributed by atoms with van der Waals surface area (Å²) in [5.74, 6) is 0.674. The molecule has 8 heteroatoms. The van der Waals surface area contributed by atoms with Gasteiger partial charge in [0.15, 0.2) is 5.69 Å². The minimum absolute atomic E-state index is 0.00205. The van der Waals surface area contributed by atoms with Crippen molar-refractivity contribution in [2.75, 3.05) is 6.54 Å². The Morgan fingerprint density at radius 3 is 2.76 bits per heavy atom. The van der Waals surface area contributed by atoms with E-state index in [2.05, 4.69) is 20.6 Å². The number of amides is 1. The van der Waals surface area contributed by atoms with Gasteiger partial charge in [-0.1, -0.05) is 23.3 Å². The summed E-state index contributed by atoms with van der Waals surface area (Å²) < 4.78 is 3.71. The van der Waals surface area contributed by atoms with E-state index in [1.807, 2.05) is 22.7 Å². The average Bonchev–Trinajstić information content (AvgIpc) is 3.38. The monoisotopic (exact) mass is 343 g/mol. The number of likely N-dealkylation sites (tertiary alicyclic amines) is 1. The van der Waals surface area contributed by atoms with Gasteiger partial charge in [-0.05, 0) is 38.5 Å². The molecular weight excluding hydrogens is 318 g/mol. The summed E-state index contributed by atoms with van der Waals surface area (Å²) in [6.07, 6.45) is 10.6. The summed E-state index contributed by atoms with van der Waals surface area (Å²) in [6.45, 7) is 4.30. The van der Waals surface area contributed by atoms with Crippen molar-refractivity contribution in [3.63, 3.8) is 0 Å². The van der Waals surface area contributed by atoms with Crippen LogP contribution >= 0.6 is 0 Å². The van der Waals surface area contributed by atoms with Crippen molar-refractivity contribution in [1.82, 2.24) is 34.9 Å². The maximum absolute atomic E-state index is 13.0. The molecule has 25 heavy (non-hydrogen) atoms. The van der Waals surface area contributed by atoms with Crippen LogP contribution in [-0.4, -0.2) is 53.4 Å². The second kappa shape index (κ2) is 6.93. The Balaban J connectivity index is 1.47. The van der Waals surface area contributed by atoms with Crippen molar-refractivity contribution >= 4 is 5.91 Å². The quantitative estimate of drug-likeness (QED) is 0.825. The lowest BCUT2D eigenvalue weighted by Gasteiger charge is -2.23. The molecule has 2 aromatic heterocycles. The van der Waals surface area contributed by atoms with Crippen LogP contribution in [0.25, 0.3) is 0 Å². The van der Waals surface area contributed by atoms with Crippen LogP contribution < -0.4 is 0 Å². The maximum Gasteiger partial charge on any atom is 0.276 e. The standard InChI is InChI=1S/C17H25N7O/c1-13-16(19-21-24(13)11-14-5-2-3-6-14)17(25)23-9-4-7-15(23)12-22-10-8-18-20-22/h8,10,14-15H,2-7,9,11-12H2,1H3. The van der Waals surface area contributed by atoms with Crippen LogP contribution in [0.5, 0.6) is 0 Å². The van der Waals surface area contributed by atoms with Gasteiger partial charge < -0.3 is 4.90 Å². The highest BCUT2D eigenvalue weighted by molar-refractivity contribution is 5.93. The fraction of sp³-hybridized carbons (Fsp3) is 0.706. The highest BCUT2D eigenvalue weighted by Crippen LogP contribution is 2.27. The Bertz CT molecular complexity index is 717. The van der Waals surface area contributed by atoms with Crippen LogP contribution in [0.2, 0.25) is 0 Å². The summed E-state index contributed by atoms with van der Waals surface area (Å²) in [7, 11) is 0. The number of hydrogen-bond donors (Lipinski definition) is 0. The number of nitrogens with zero attached hydrogens (tertiary/aromatic N) is 7. The molecule has 1 unspecified atom stereocenters. The maximum atomic E-state index is 13.0. The Hall–Kier alpha value is -2.25. The van der Waals surface area contributed by atoms with Gasteiger partial charge >= 0.3 is 0 Å². The number of carbonyl (C=O) groups is 1. The number of hydrogen-bond acceptors (Lipinski definition) is 5. The fourth-order valence-electron chi connectivity index (χ4n) is 4.14. The minimum Gasteiger partial charge on any atom is -0.332 e. The predicted octanol–water partition coefficient (Wildman–Crippen LogP) is 1.67. The molecule has 4 rings (SSSR count). The molecule has 1 amide bonds. The smallest absolute Gasteiger partial charge is 0.276 e. The summed E-state index contributed by atoms with van der Waals surface area (Å²) in [4.78, 5) is 15.0. The third-order valence-corrected chi connectivity index (χ3v) is 5.60. The third kappa shape index (κ3) is 3.29. The van der Waals surface area contributed by atoms with E-state index >= 15 is 0 Å². The van der Waals surface area contributed by atoms with Gasteiger partial charge in [0, 0.05) is 19.3 Å². The zero-order valence-corrected chi connectivity index (χ0v) is 14.7. The Kier molecular flexibility index (Phi) is 4.50. The summed E-state index contributed by atoms with van der Waals surface area (Å²) >= 11 is 0. The summed E-state index contributed by atoms with van der Waals surface area (Å²) in [5, 5.41) is 16.3. The van der Waals surface area contributed by atoms with Crippen LogP contribution in [0.4, 0.5) is 0 Å². The van der Waals surface area contributed by atoms with E-state index in [0.29, 0.717) is 18.2 Å². The largest absolute Gasteiger partial charge is 0.332 e. The molecule has 1 saturated carbocycles. The molecule has 134 valence electrons. The molecule has 0 bridgehead atoms.